The van der Waals surface area contributed by atoms with Gasteiger partial charge in [-0.3, -0.25) is 0 Å². The highest BCUT2D eigenvalue weighted by molar-refractivity contribution is 5.22. The van der Waals surface area contributed by atoms with Gasteiger partial charge < -0.3 is 0 Å². The molecule has 11 heavy (non-hydrogen) atoms. The first-order valence-electron chi connectivity index (χ1n) is 4.27. The molecule has 0 aliphatic heterocycles. The van der Waals surface area contributed by atoms with E-state index >= 15 is 0 Å². The normalized spacial score (nSPS) is 29.7. The molecule has 0 aromatic carbocycles. The highest BCUT2D eigenvalue weighted by Crippen LogP contribution is 2.45. The molecule has 0 bridgehead atoms. The molecule has 0 N–H and O–H groups in total. The zero-order valence-electron chi connectivity index (χ0n) is 7.22. The molecule has 2 unspecified atom stereocenters. The Hall–Kier alpha value is -0.780. The lowest BCUT2D eigenvalue weighted by molar-refractivity contribution is 0.863. The first kappa shape index (κ1) is 8.32. The molecule has 0 nitrogen and oxygen atoms in total. The van der Waals surface area contributed by atoms with Crippen LogP contribution in [-0.2, 0) is 0 Å². The molecule has 2 atom stereocenters. The topological polar surface area (TPSA) is 0 Å². The maximum absolute atomic E-state index is 3.80. The van der Waals surface area contributed by atoms with E-state index in [0.29, 0.717) is 0 Å². The maximum atomic E-state index is 3.80. The van der Waals surface area contributed by atoms with Crippen molar-refractivity contribution in [2.45, 2.75) is 19.8 Å². The molecule has 0 spiro atoms. The third-order valence-corrected chi connectivity index (χ3v) is 2.36. The molecule has 1 fully saturated rings. The Bertz CT molecular complexity index is 186. The lowest BCUT2D eigenvalue weighted by atomic mass is 10.1. The minimum absolute atomic E-state index is 0.751. The highest BCUT2D eigenvalue weighted by atomic mass is 14.4. The van der Waals surface area contributed by atoms with Gasteiger partial charge in [0.2, 0.25) is 0 Å². The van der Waals surface area contributed by atoms with Gasteiger partial charge >= 0.3 is 0 Å². The van der Waals surface area contributed by atoms with Crippen LogP contribution in [0.3, 0.4) is 0 Å². The molecule has 0 radical (unpaired) electrons. The van der Waals surface area contributed by atoms with Crippen LogP contribution in [0.25, 0.3) is 0 Å². The van der Waals surface area contributed by atoms with Crippen LogP contribution in [0.5, 0.6) is 0 Å². The van der Waals surface area contributed by atoms with E-state index < -0.39 is 0 Å². The summed E-state index contributed by atoms with van der Waals surface area (Å²) in [4.78, 5) is 0. The van der Waals surface area contributed by atoms with Gasteiger partial charge in [0.15, 0.2) is 0 Å². The van der Waals surface area contributed by atoms with Crippen LogP contribution in [0.1, 0.15) is 19.8 Å². The number of allylic oxidation sites excluding steroid dienone is 4. The van der Waals surface area contributed by atoms with Crippen molar-refractivity contribution in [2.24, 2.45) is 11.8 Å². The summed E-state index contributed by atoms with van der Waals surface area (Å²) in [6, 6.07) is 0. The van der Waals surface area contributed by atoms with Crippen LogP contribution in [0.4, 0.5) is 0 Å². The van der Waals surface area contributed by atoms with E-state index in [4.69, 9.17) is 0 Å². The van der Waals surface area contributed by atoms with Crippen LogP contribution in [-0.4, -0.2) is 0 Å². The zero-order valence-corrected chi connectivity index (χ0v) is 7.22. The summed E-state index contributed by atoms with van der Waals surface area (Å²) in [5.74, 6) is 1.54. The summed E-state index contributed by atoms with van der Waals surface area (Å²) in [7, 11) is 0. The fourth-order valence-electron chi connectivity index (χ4n) is 1.56. The number of hydrogen-bond donors (Lipinski definition) is 0. The Morgan fingerprint density at radius 3 is 2.64 bits per heavy atom. The van der Waals surface area contributed by atoms with Gasteiger partial charge in [0, 0.05) is 0 Å². The van der Waals surface area contributed by atoms with E-state index in [1.54, 1.807) is 0 Å². The van der Waals surface area contributed by atoms with Crippen LogP contribution < -0.4 is 0 Å². The van der Waals surface area contributed by atoms with Crippen LogP contribution in [0.2, 0.25) is 0 Å². The molecule has 0 amide bonds. The molecule has 0 saturated heterocycles. The molecular formula is C11H16. The Morgan fingerprint density at radius 1 is 1.55 bits per heavy atom. The molecule has 0 aromatic heterocycles. The molecule has 0 heteroatoms. The molecule has 1 saturated carbocycles. The minimum atomic E-state index is 0.751. The van der Waals surface area contributed by atoms with E-state index in [-0.39, 0.29) is 0 Å². The van der Waals surface area contributed by atoms with Gasteiger partial charge in [-0.05, 0) is 24.7 Å². The predicted molar refractivity (Wildman–Crippen MR) is 50.4 cm³/mol. The van der Waals surface area contributed by atoms with E-state index in [2.05, 4.69) is 32.2 Å². The fourth-order valence-corrected chi connectivity index (χ4v) is 1.56. The minimum Gasteiger partial charge on any atom is -0.103 e. The average molecular weight is 148 g/mol. The van der Waals surface area contributed by atoms with Gasteiger partial charge in [-0.15, -0.1) is 6.58 Å². The second kappa shape index (κ2) is 3.56. The maximum Gasteiger partial charge on any atom is -0.0131 e. The monoisotopic (exact) mass is 148 g/mol. The molecular weight excluding hydrogens is 132 g/mol. The summed E-state index contributed by atoms with van der Waals surface area (Å²) >= 11 is 0. The van der Waals surface area contributed by atoms with Gasteiger partial charge in [0.1, 0.15) is 0 Å². The fraction of sp³-hybridized carbons (Fsp3) is 0.455. The first-order chi connectivity index (χ1) is 5.33. The second-order valence-corrected chi connectivity index (χ2v) is 3.07. The van der Waals surface area contributed by atoms with Crippen molar-refractivity contribution in [1.82, 2.24) is 0 Å². The van der Waals surface area contributed by atoms with Crippen LogP contribution >= 0.6 is 0 Å². The quantitative estimate of drug-likeness (QED) is 0.424. The van der Waals surface area contributed by atoms with Crippen molar-refractivity contribution < 1.29 is 0 Å². The predicted octanol–water partition coefficient (Wildman–Crippen LogP) is 3.33. The van der Waals surface area contributed by atoms with Crippen molar-refractivity contribution in [3.63, 3.8) is 0 Å². The highest BCUT2D eigenvalue weighted by Gasteiger charge is 2.35. The molecule has 1 aliphatic rings. The lowest BCUT2D eigenvalue weighted by Crippen LogP contribution is -1.84. The van der Waals surface area contributed by atoms with Crippen molar-refractivity contribution in [2.75, 3.05) is 0 Å². The molecule has 1 aliphatic carbocycles. The zero-order chi connectivity index (χ0) is 8.27. The van der Waals surface area contributed by atoms with Crippen LogP contribution in [0.15, 0.2) is 37.0 Å². The van der Waals surface area contributed by atoms with E-state index in [0.717, 1.165) is 18.3 Å². The van der Waals surface area contributed by atoms with E-state index in [1.807, 2.05) is 6.08 Å². The van der Waals surface area contributed by atoms with Gasteiger partial charge in [-0.25, -0.2) is 0 Å². The summed E-state index contributed by atoms with van der Waals surface area (Å²) in [5.41, 5.74) is 1.53. The standard InChI is InChI=1S/C11H16/c1-4-7-9(5-2)11-8-10(11)6-3/h4,6-7,10-11H,1,3,5,8H2,2H3/b9-7+. The Kier molecular flexibility index (Phi) is 2.70. The largest absolute Gasteiger partial charge is 0.103 e. The number of hydrogen-bond acceptors (Lipinski definition) is 0. The summed E-state index contributed by atoms with van der Waals surface area (Å²) in [6.07, 6.45) is 8.56. The van der Waals surface area contributed by atoms with Crippen molar-refractivity contribution >= 4 is 0 Å². The Morgan fingerprint density at radius 2 is 2.27 bits per heavy atom. The van der Waals surface area contributed by atoms with Gasteiger partial charge in [-0.1, -0.05) is 37.3 Å². The Labute approximate surface area is 69.3 Å². The van der Waals surface area contributed by atoms with Crippen molar-refractivity contribution in [3.8, 4) is 0 Å². The summed E-state index contributed by atoms with van der Waals surface area (Å²) in [6.45, 7) is 9.71. The van der Waals surface area contributed by atoms with Gasteiger partial charge in [0.25, 0.3) is 0 Å². The Balaban J connectivity index is 2.52. The third kappa shape index (κ3) is 1.83. The molecule has 1 rings (SSSR count). The van der Waals surface area contributed by atoms with Crippen LogP contribution in [0, 0.1) is 11.8 Å². The average Bonchev–Trinajstić information content (AvgIpc) is 2.79. The summed E-state index contributed by atoms with van der Waals surface area (Å²) in [5, 5.41) is 0. The van der Waals surface area contributed by atoms with Crippen molar-refractivity contribution in [1.29, 1.82) is 0 Å². The van der Waals surface area contributed by atoms with Crippen molar-refractivity contribution in [3.05, 3.63) is 37.0 Å². The molecule has 0 aromatic rings. The third-order valence-electron chi connectivity index (χ3n) is 2.36. The van der Waals surface area contributed by atoms with E-state index in [9.17, 15) is 0 Å². The number of rotatable bonds is 4. The smallest absolute Gasteiger partial charge is 0.0131 e. The van der Waals surface area contributed by atoms with Gasteiger partial charge in [-0.2, -0.15) is 0 Å². The molecule has 60 valence electrons. The lowest BCUT2D eigenvalue weighted by Gasteiger charge is -1.99. The second-order valence-electron chi connectivity index (χ2n) is 3.07. The summed E-state index contributed by atoms with van der Waals surface area (Å²) < 4.78 is 0. The SMILES string of the molecule is C=C/C=C(\CC)C1CC1C=C. The van der Waals surface area contributed by atoms with Gasteiger partial charge in [0.05, 0.1) is 0 Å². The van der Waals surface area contributed by atoms with E-state index in [1.165, 1.54) is 12.0 Å². The molecule has 0 heterocycles. The first-order valence-corrected chi connectivity index (χ1v) is 4.27.